The third-order valence-corrected chi connectivity index (χ3v) is 13.9. The summed E-state index contributed by atoms with van der Waals surface area (Å²) < 4.78 is 23.3. The predicted octanol–water partition coefficient (Wildman–Crippen LogP) is 18.3. The molecular weight excluding hydrogens is 948 g/mol. The maximum Gasteiger partial charge on any atom is 0.268 e. The molecule has 0 saturated carbocycles. The summed E-state index contributed by atoms with van der Waals surface area (Å²) in [7, 11) is 1.21. The van der Waals surface area contributed by atoms with Gasteiger partial charge in [0.15, 0.2) is 0 Å². The minimum Gasteiger partial charge on any atom is -0.756 e. The van der Waals surface area contributed by atoms with Crippen molar-refractivity contribution in [3.8, 4) is 0 Å². The number of carbonyl (C=O) groups excluding carboxylic acids is 1. The Morgan fingerprint density at radius 3 is 1.24 bits per heavy atom. The molecule has 2 N–H and O–H groups in total. The first-order valence-corrected chi connectivity index (χ1v) is 31.9. The Hall–Kier alpha value is -3.10. The zero-order chi connectivity index (χ0) is 54.9. The first-order chi connectivity index (χ1) is 36.5. The Kier molecular flexibility index (Phi) is 53.3. The number of phosphoric ester groups is 1. The number of aliphatic hydroxyl groups excluding tert-OH is 1. The smallest absolute Gasteiger partial charge is 0.268 e. The number of nitrogens with one attached hydrogen (secondary N) is 1. The number of nitrogens with zero attached hydrogens (tertiary/aromatic N) is 1. The second kappa shape index (κ2) is 55.6. The SMILES string of the molecule is CC/C=C\C/C=C\C/C=C\C/C=C\C/C=C\C/C=C\C/C=C\C/C=C\CCCCCCC(=O)NC(COP(=O)([O-])OCC[N+](C)(C)C)C(O)/C=C/CC/C=C/CCCCCCCCCCCCCCCCCCCC. The highest BCUT2D eigenvalue weighted by Gasteiger charge is 2.23. The Bertz CT molecular complexity index is 1630. The molecule has 75 heavy (non-hydrogen) atoms. The molecule has 0 aliphatic rings. The molecule has 0 aliphatic carbocycles. The van der Waals surface area contributed by atoms with Gasteiger partial charge in [0, 0.05) is 6.42 Å². The summed E-state index contributed by atoms with van der Waals surface area (Å²) in [5, 5.41) is 13.9. The highest BCUT2D eigenvalue weighted by molar-refractivity contribution is 7.45. The van der Waals surface area contributed by atoms with E-state index in [0.717, 1.165) is 96.3 Å². The van der Waals surface area contributed by atoms with Crippen molar-refractivity contribution in [3.05, 3.63) is 122 Å². The number of amides is 1. The Morgan fingerprint density at radius 2 is 0.827 bits per heavy atom. The molecular formula is C66H115N2O6P. The highest BCUT2D eigenvalue weighted by Crippen LogP contribution is 2.38. The molecule has 0 aromatic carbocycles. The van der Waals surface area contributed by atoms with E-state index < -0.39 is 26.6 Å². The maximum absolute atomic E-state index is 13.0. The van der Waals surface area contributed by atoms with Crippen LogP contribution in [0.15, 0.2) is 122 Å². The minimum absolute atomic E-state index is 0.0185. The second-order valence-corrected chi connectivity index (χ2v) is 22.7. The second-order valence-electron chi connectivity index (χ2n) is 21.3. The molecule has 0 spiro atoms. The molecule has 0 aromatic rings. The fourth-order valence-corrected chi connectivity index (χ4v) is 8.91. The van der Waals surface area contributed by atoms with Gasteiger partial charge in [-0.15, -0.1) is 0 Å². The molecule has 0 heterocycles. The summed E-state index contributed by atoms with van der Waals surface area (Å²) >= 11 is 0. The average molecular weight is 1060 g/mol. The fraction of sp³-hybridized carbons (Fsp3) is 0.682. The van der Waals surface area contributed by atoms with Gasteiger partial charge in [-0.1, -0.05) is 257 Å². The number of unbranched alkanes of at least 4 members (excludes halogenated alkanes) is 23. The summed E-state index contributed by atoms with van der Waals surface area (Å²) in [5.74, 6) is -0.235. The zero-order valence-corrected chi connectivity index (χ0v) is 49.8. The summed E-state index contributed by atoms with van der Waals surface area (Å²) in [6, 6.07) is -0.928. The number of hydrogen-bond donors (Lipinski definition) is 2. The number of aliphatic hydroxyl groups is 1. The van der Waals surface area contributed by atoms with Crippen LogP contribution in [-0.4, -0.2) is 68.5 Å². The van der Waals surface area contributed by atoms with Crippen LogP contribution in [0.4, 0.5) is 0 Å². The topological polar surface area (TPSA) is 108 Å². The monoisotopic (exact) mass is 1060 g/mol. The maximum atomic E-state index is 13.0. The van der Waals surface area contributed by atoms with Gasteiger partial charge in [0.25, 0.3) is 7.82 Å². The molecule has 3 unspecified atom stereocenters. The van der Waals surface area contributed by atoms with Gasteiger partial charge < -0.3 is 28.8 Å². The van der Waals surface area contributed by atoms with Gasteiger partial charge in [-0.05, 0) is 96.3 Å². The molecule has 8 nitrogen and oxygen atoms in total. The van der Waals surface area contributed by atoms with Crippen LogP contribution in [0.2, 0.25) is 0 Å². The van der Waals surface area contributed by atoms with Crippen LogP contribution in [-0.2, 0) is 18.4 Å². The third kappa shape index (κ3) is 58.4. The highest BCUT2D eigenvalue weighted by atomic mass is 31.2. The standard InChI is InChI=1S/C66H115N2O6P/c1-6-8-10-12-14-16-18-20-22-24-26-28-30-32-33-34-35-36-38-40-42-44-46-48-50-52-54-56-58-60-66(70)67-64(63-74-75(71,72)73-62-61-68(3,4)5)65(69)59-57-55-53-51-49-47-45-43-41-39-37-31-29-27-25-23-21-19-17-15-13-11-9-7-2/h8,10,14,16,20,22,26,28,32-33,35-36,40,42,46,48-49,51,57,59,64-65,69H,6-7,9,11-13,15,17-19,21,23-25,27,29-31,34,37-39,41,43-45,47,50,52-56,58,60-63H2,1-5H3,(H-,67,70,71,72)/b10-8-,16-14-,22-20-,28-26-,33-32-,36-35-,42-40-,48-46-,51-49+,59-57+. The van der Waals surface area contributed by atoms with Crippen LogP contribution in [0.5, 0.6) is 0 Å². The quantitative estimate of drug-likeness (QED) is 0.0272. The van der Waals surface area contributed by atoms with Crippen LogP contribution in [0.25, 0.3) is 0 Å². The van der Waals surface area contributed by atoms with E-state index in [9.17, 15) is 19.4 Å². The molecule has 0 saturated heterocycles. The lowest BCUT2D eigenvalue weighted by atomic mass is 10.0. The first-order valence-electron chi connectivity index (χ1n) is 30.4. The van der Waals surface area contributed by atoms with Crippen molar-refractivity contribution in [1.29, 1.82) is 0 Å². The Labute approximate surface area is 463 Å². The molecule has 0 radical (unpaired) electrons. The molecule has 0 aromatic heterocycles. The number of hydrogen-bond acceptors (Lipinski definition) is 6. The predicted molar refractivity (Wildman–Crippen MR) is 325 cm³/mol. The van der Waals surface area contributed by atoms with E-state index in [4.69, 9.17) is 9.05 Å². The van der Waals surface area contributed by atoms with E-state index in [1.54, 1.807) is 6.08 Å². The van der Waals surface area contributed by atoms with Crippen LogP contribution < -0.4 is 10.2 Å². The van der Waals surface area contributed by atoms with E-state index in [1.165, 1.54) is 116 Å². The van der Waals surface area contributed by atoms with Crippen LogP contribution in [0.1, 0.15) is 239 Å². The first kappa shape index (κ1) is 71.9. The van der Waals surface area contributed by atoms with E-state index in [0.29, 0.717) is 23.9 Å². The number of likely N-dealkylation sites (N-methyl/N-ethyl adjacent to an activating group) is 1. The molecule has 1 amide bonds. The number of allylic oxidation sites excluding steroid dienone is 19. The largest absolute Gasteiger partial charge is 0.756 e. The van der Waals surface area contributed by atoms with E-state index in [1.807, 2.05) is 27.2 Å². The normalized spacial score (nSPS) is 14.7. The van der Waals surface area contributed by atoms with Crippen molar-refractivity contribution in [1.82, 2.24) is 5.32 Å². The summed E-state index contributed by atoms with van der Waals surface area (Å²) in [6.45, 7) is 4.50. The van der Waals surface area contributed by atoms with Gasteiger partial charge in [-0.25, -0.2) is 0 Å². The lowest BCUT2D eigenvalue weighted by Gasteiger charge is -2.29. The molecule has 0 aliphatic heterocycles. The van der Waals surface area contributed by atoms with Crippen molar-refractivity contribution in [2.75, 3.05) is 40.9 Å². The average Bonchev–Trinajstić information content (AvgIpc) is 3.37. The van der Waals surface area contributed by atoms with Gasteiger partial charge in [0.2, 0.25) is 5.91 Å². The number of phosphoric acid groups is 1. The van der Waals surface area contributed by atoms with Crippen LogP contribution in [0.3, 0.4) is 0 Å². The molecule has 0 fully saturated rings. The van der Waals surface area contributed by atoms with Gasteiger partial charge in [0.05, 0.1) is 39.9 Å². The van der Waals surface area contributed by atoms with E-state index in [2.05, 4.69) is 129 Å². The summed E-state index contributed by atoms with van der Waals surface area (Å²) in [4.78, 5) is 25.5. The lowest BCUT2D eigenvalue weighted by Crippen LogP contribution is -2.45. The van der Waals surface area contributed by atoms with Crippen molar-refractivity contribution in [3.63, 3.8) is 0 Å². The van der Waals surface area contributed by atoms with Crippen molar-refractivity contribution < 1.29 is 32.9 Å². The van der Waals surface area contributed by atoms with Crippen LogP contribution >= 0.6 is 7.82 Å². The van der Waals surface area contributed by atoms with Gasteiger partial charge in [0.1, 0.15) is 13.2 Å². The number of quaternary nitrogens is 1. The van der Waals surface area contributed by atoms with Crippen molar-refractivity contribution >= 4 is 13.7 Å². The molecule has 9 heteroatoms. The van der Waals surface area contributed by atoms with Gasteiger partial charge in [-0.3, -0.25) is 9.36 Å². The Morgan fingerprint density at radius 1 is 0.480 bits per heavy atom. The van der Waals surface area contributed by atoms with E-state index >= 15 is 0 Å². The van der Waals surface area contributed by atoms with E-state index in [-0.39, 0.29) is 12.5 Å². The lowest BCUT2D eigenvalue weighted by molar-refractivity contribution is -0.870. The number of rotatable bonds is 54. The minimum atomic E-state index is -4.62. The summed E-state index contributed by atoms with van der Waals surface area (Å²) in [5.41, 5.74) is 0. The van der Waals surface area contributed by atoms with Gasteiger partial charge >= 0.3 is 0 Å². The number of carbonyl (C=O) groups is 1. The van der Waals surface area contributed by atoms with Crippen LogP contribution in [0, 0.1) is 0 Å². The fourth-order valence-electron chi connectivity index (χ4n) is 8.18. The summed E-state index contributed by atoms with van der Waals surface area (Å²) in [6.07, 6.45) is 82.8. The Balaban J connectivity index is 4.34. The molecule has 0 rings (SSSR count). The molecule has 0 bridgehead atoms. The molecule has 430 valence electrons. The third-order valence-electron chi connectivity index (χ3n) is 12.9. The molecule has 3 atom stereocenters. The van der Waals surface area contributed by atoms with Gasteiger partial charge in [-0.2, -0.15) is 0 Å². The van der Waals surface area contributed by atoms with Crippen molar-refractivity contribution in [2.24, 2.45) is 0 Å². The zero-order valence-electron chi connectivity index (χ0n) is 49.0. The van der Waals surface area contributed by atoms with Crippen molar-refractivity contribution in [2.45, 2.75) is 251 Å².